The van der Waals surface area contributed by atoms with Crippen molar-refractivity contribution in [2.75, 3.05) is 13.7 Å². The molecule has 0 aliphatic rings. The number of nitrogens with one attached hydrogen (secondary N) is 1. The van der Waals surface area contributed by atoms with Gasteiger partial charge in [0.25, 0.3) is 0 Å². The molecule has 0 radical (unpaired) electrons. The van der Waals surface area contributed by atoms with Gasteiger partial charge in [-0.2, -0.15) is 0 Å². The lowest BCUT2D eigenvalue weighted by Crippen LogP contribution is -2.19. The smallest absolute Gasteiger partial charge is 0.119 e. The second-order valence-corrected chi connectivity index (χ2v) is 4.79. The maximum absolute atomic E-state index is 5.70. The quantitative estimate of drug-likeness (QED) is 0.837. The average molecular weight is 270 g/mol. The van der Waals surface area contributed by atoms with Crippen LogP contribution in [0.1, 0.15) is 30.6 Å². The van der Waals surface area contributed by atoms with Crippen molar-refractivity contribution in [3.8, 4) is 5.75 Å². The fourth-order valence-electron chi connectivity index (χ4n) is 2.16. The molecule has 1 N–H and O–H groups in total. The summed E-state index contributed by atoms with van der Waals surface area (Å²) < 4.78 is 5.70. The van der Waals surface area contributed by atoms with E-state index in [0.717, 1.165) is 30.9 Å². The standard InChI is InChI=1S/C17H22N2O/c1-3-11-20-16-9-6-7-14(12-16)17(18-2)13-15-8-4-5-10-19-15/h4-10,12,17-18H,3,11,13H2,1-2H3. The van der Waals surface area contributed by atoms with Crippen LogP contribution >= 0.6 is 0 Å². The van der Waals surface area contributed by atoms with Gasteiger partial charge in [0, 0.05) is 24.4 Å². The Balaban J connectivity index is 2.10. The van der Waals surface area contributed by atoms with Crippen molar-refractivity contribution in [1.82, 2.24) is 10.3 Å². The largest absolute Gasteiger partial charge is 0.494 e. The van der Waals surface area contributed by atoms with E-state index in [9.17, 15) is 0 Å². The van der Waals surface area contributed by atoms with Gasteiger partial charge in [0.05, 0.1) is 6.61 Å². The van der Waals surface area contributed by atoms with E-state index in [1.165, 1.54) is 5.56 Å². The number of nitrogens with zero attached hydrogens (tertiary/aromatic N) is 1. The topological polar surface area (TPSA) is 34.1 Å². The molecule has 0 saturated carbocycles. The van der Waals surface area contributed by atoms with E-state index in [0.29, 0.717) is 0 Å². The fourth-order valence-corrected chi connectivity index (χ4v) is 2.16. The molecule has 1 heterocycles. The molecule has 2 rings (SSSR count). The summed E-state index contributed by atoms with van der Waals surface area (Å²) in [6, 6.07) is 14.6. The molecule has 0 amide bonds. The molecule has 2 aromatic rings. The summed E-state index contributed by atoms with van der Waals surface area (Å²) in [7, 11) is 1.98. The second kappa shape index (κ2) is 7.65. The molecule has 3 nitrogen and oxygen atoms in total. The third kappa shape index (κ3) is 4.07. The lowest BCUT2D eigenvalue weighted by molar-refractivity contribution is 0.316. The molecular weight excluding hydrogens is 248 g/mol. The minimum Gasteiger partial charge on any atom is -0.494 e. The monoisotopic (exact) mass is 270 g/mol. The maximum Gasteiger partial charge on any atom is 0.119 e. The Morgan fingerprint density at radius 2 is 2.10 bits per heavy atom. The van der Waals surface area contributed by atoms with E-state index in [1.807, 2.05) is 37.5 Å². The number of benzene rings is 1. The van der Waals surface area contributed by atoms with Crippen molar-refractivity contribution >= 4 is 0 Å². The van der Waals surface area contributed by atoms with Crippen LogP contribution in [0.3, 0.4) is 0 Å². The molecule has 20 heavy (non-hydrogen) atoms. The zero-order valence-electron chi connectivity index (χ0n) is 12.2. The number of hydrogen-bond acceptors (Lipinski definition) is 3. The van der Waals surface area contributed by atoms with E-state index in [4.69, 9.17) is 4.74 Å². The predicted molar refractivity (Wildman–Crippen MR) is 82.0 cm³/mol. The molecule has 3 heteroatoms. The molecule has 0 fully saturated rings. The minimum absolute atomic E-state index is 0.245. The summed E-state index contributed by atoms with van der Waals surface area (Å²) in [6.45, 7) is 2.87. The summed E-state index contributed by atoms with van der Waals surface area (Å²) in [5.74, 6) is 0.936. The Kier molecular flexibility index (Phi) is 5.56. The number of likely N-dealkylation sites (N-methyl/N-ethyl adjacent to an activating group) is 1. The van der Waals surface area contributed by atoms with Crippen LogP contribution in [0.15, 0.2) is 48.7 Å². The highest BCUT2D eigenvalue weighted by Crippen LogP contribution is 2.22. The van der Waals surface area contributed by atoms with Gasteiger partial charge < -0.3 is 10.1 Å². The summed E-state index contributed by atoms with van der Waals surface area (Å²) in [6.07, 6.45) is 3.73. The lowest BCUT2D eigenvalue weighted by Gasteiger charge is -2.17. The van der Waals surface area contributed by atoms with Gasteiger partial charge in [0.1, 0.15) is 5.75 Å². The van der Waals surface area contributed by atoms with Crippen LogP contribution in [0, 0.1) is 0 Å². The van der Waals surface area contributed by atoms with Crippen LogP contribution in [0.5, 0.6) is 5.75 Å². The van der Waals surface area contributed by atoms with Gasteiger partial charge in [-0.25, -0.2) is 0 Å². The Bertz CT molecular complexity index is 513. The van der Waals surface area contributed by atoms with Gasteiger partial charge in [-0.1, -0.05) is 25.1 Å². The normalized spacial score (nSPS) is 12.1. The van der Waals surface area contributed by atoms with E-state index in [2.05, 4.69) is 35.4 Å². The Morgan fingerprint density at radius 3 is 2.80 bits per heavy atom. The molecule has 1 atom stereocenters. The molecule has 0 aliphatic heterocycles. The number of rotatable bonds is 7. The molecule has 0 spiro atoms. The van der Waals surface area contributed by atoms with Crippen molar-refractivity contribution in [3.05, 3.63) is 59.9 Å². The highest BCUT2D eigenvalue weighted by molar-refractivity contribution is 5.31. The Labute approximate surface area is 121 Å². The van der Waals surface area contributed by atoms with Gasteiger partial charge in [-0.15, -0.1) is 0 Å². The van der Waals surface area contributed by atoms with Gasteiger partial charge >= 0.3 is 0 Å². The van der Waals surface area contributed by atoms with Crippen LogP contribution in [-0.2, 0) is 6.42 Å². The van der Waals surface area contributed by atoms with Crippen LogP contribution < -0.4 is 10.1 Å². The second-order valence-electron chi connectivity index (χ2n) is 4.79. The van der Waals surface area contributed by atoms with Crippen LogP contribution in [0.2, 0.25) is 0 Å². The molecule has 1 aromatic carbocycles. The maximum atomic E-state index is 5.70. The van der Waals surface area contributed by atoms with Gasteiger partial charge in [-0.05, 0) is 43.3 Å². The third-order valence-corrected chi connectivity index (χ3v) is 3.22. The van der Waals surface area contributed by atoms with Gasteiger partial charge in [-0.3, -0.25) is 4.98 Å². The first kappa shape index (κ1) is 14.5. The van der Waals surface area contributed by atoms with E-state index >= 15 is 0 Å². The van der Waals surface area contributed by atoms with Crippen LogP contribution in [0.4, 0.5) is 0 Å². The predicted octanol–water partition coefficient (Wildman–Crippen LogP) is 3.37. The van der Waals surface area contributed by atoms with Crippen LogP contribution in [-0.4, -0.2) is 18.6 Å². The third-order valence-electron chi connectivity index (χ3n) is 3.22. The lowest BCUT2D eigenvalue weighted by atomic mass is 10.0. The van der Waals surface area contributed by atoms with Crippen LogP contribution in [0.25, 0.3) is 0 Å². The summed E-state index contributed by atoms with van der Waals surface area (Å²) in [4.78, 5) is 4.39. The molecule has 0 aliphatic carbocycles. The Morgan fingerprint density at radius 1 is 1.20 bits per heavy atom. The molecule has 0 saturated heterocycles. The molecule has 1 aromatic heterocycles. The average Bonchev–Trinajstić information content (AvgIpc) is 2.52. The highest BCUT2D eigenvalue weighted by Gasteiger charge is 2.11. The van der Waals surface area contributed by atoms with Gasteiger partial charge in [0.15, 0.2) is 0 Å². The fraction of sp³-hybridized carbons (Fsp3) is 0.353. The van der Waals surface area contributed by atoms with E-state index in [-0.39, 0.29) is 6.04 Å². The number of aromatic nitrogens is 1. The van der Waals surface area contributed by atoms with E-state index in [1.54, 1.807) is 0 Å². The first-order valence-corrected chi connectivity index (χ1v) is 7.13. The van der Waals surface area contributed by atoms with Crippen molar-refractivity contribution in [2.45, 2.75) is 25.8 Å². The Hall–Kier alpha value is -1.87. The summed E-state index contributed by atoms with van der Waals surface area (Å²) >= 11 is 0. The SMILES string of the molecule is CCCOc1cccc(C(Cc2ccccn2)NC)c1. The number of hydrogen-bond donors (Lipinski definition) is 1. The highest BCUT2D eigenvalue weighted by atomic mass is 16.5. The van der Waals surface area contributed by atoms with Gasteiger partial charge in [0.2, 0.25) is 0 Å². The van der Waals surface area contributed by atoms with Crippen molar-refractivity contribution in [3.63, 3.8) is 0 Å². The van der Waals surface area contributed by atoms with Crippen molar-refractivity contribution < 1.29 is 4.74 Å². The number of pyridine rings is 1. The first-order valence-electron chi connectivity index (χ1n) is 7.13. The first-order chi connectivity index (χ1) is 9.83. The molecule has 1 unspecified atom stereocenters. The zero-order chi connectivity index (χ0) is 14.2. The molecule has 106 valence electrons. The summed E-state index contributed by atoms with van der Waals surface area (Å²) in [5.41, 5.74) is 2.32. The minimum atomic E-state index is 0.245. The van der Waals surface area contributed by atoms with Crippen molar-refractivity contribution in [2.24, 2.45) is 0 Å². The molecule has 0 bridgehead atoms. The van der Waals surface area contributed by atoms with Crippen molar-refractivity contribution in [1.29, 1.82) is 0 Å². The molecular formula is C17H22N2O. The van der Waals surface area contributed by atoms with E-state index < -0.39 is 0 Å². The number of ether oxygens (including phenoxy) is 1. The zero-order valence-corrected chi connectivity index (χ0v) is 12.2. The summed E-state index contributed by atoms with van der Waals surface area (Å²) in [5, 5.41) is 3.35.